The van der Waals surface area contributed by atoms with Crippen molar-refractivity contribution in [1.29, 1.82) is 0 Å². The van der Waals surface area contributed by atoms with Crippen molar-refractivity contribution >= 4 is 21.6 Å². The third-order valence-corrected chi connectivity index (χ3v) is 5.38. The lowest BCUT2D eigenvalue weighted by molar-refractivity contribution is 0.414. The third-order valence-electron chi connectivity index (χ3n) is 3.68. The van der Waals surface area contributed by atoms with Crippen molar-refractivity contribution < 1.29 is 13.2 Å². The van der Waals surface area contributed by atoms with Crippen molar-refractivity contribution in [2.24, 2.45) is 0 Å². The van der Waals surface area contributed by atoms with E-state index in [0.717, 1.165) is 16.8 Å². The summed E-state index contributed by atoms with van der Waals surface area (Å²) in [6.07, 6.45) is 5.02. The Morgan fingerprint density at radius 3 is 2.69 bits per heavy atom. The van der Waals surface area contributed by atoms with Gasteiger partial charge in [-0.05, 0) is 48.0 Å². The Morgan fingerprint density at radius 2 is 2.00 bits per heavy atom. The van der Waals surface area contributed by atoms with E-state index in [4.69, 9.17) is 16.3 Å². The molecule has 0 saturated heterocycles. The number of aromatic nitrogens is 2. The maximum atomic E-state index is 12.5. The van der Waals surface area contributed by atoms with Crippen LogP contribution in [0.5, 0.6) is 5.75 Å². The number of nitrogens with one attached hydrogen (secondary N) is 1. The van der Waals surface area contributed by atoms with Gasteiger partial charge in [0.15, 0.2) is 0 Å². The largest absolute Gasteiger partial charge is 0.495 e. The van der Waals surface area contributed by atoms with Crippen molar-refractivity contribution in [3.63, 3.8) is 0 Å². The molecule has 6 nitrogen and oxygen atoms in total. The van der Waals surface area contributed by atoms with Gasteiger partial charge in [-0.3, -0.25) is 9.97 Å². The zero-order valence-electron chi connectivity index (χ0n) is 13.9. The average Bonchev–Trinajstić information content (AvgIpc) is 2.67. The van der Waals surface area contributed by atoms with Gasteiger partial charge in [-0.1, -0.05) is 11.6 Å². The molecule has 0 radical (unpaired) electrons. The Hall–Kier alpha value is -2.48. The maximum Gasteiger partial charge on any atom is 0.240 e. The molecular weight excluding hydrogens is 374 g/mol. The number of sulfonamides is 1. The second-order valence-corrected chi connectivity index (χ2v) is 7.59. The van der Waals surface area contributed by atoms with Gasteiger partial charge in [0.25, 0.3) is 0 Å². The monoisotopic (exact) mass is 389 g/mol. The summed E-state index contributed by atoms with van der Waals surface area (Å²) in [5, 5.41) is 0.234. The van der Waals surface area contributed by atoms with Crippen LogP contribution in [0.1, 0.15) is 5.56 Å². The van der Waals surface area contributed by atoms with Crippen LogP contribution in [-0.4, -0.2) is 25.5 Å². The van der Waals surface area contributed by atoms with Crippen LogP contribution in [0, 0.1) is 0 Å². The lowest BCUT2D eigenvalue weighted by Crippen LogP contribution is -2.23. The second-order valence-electron chi connectivity index (χ2n) is 5.41. The minimum atomic E-state index is -3.71. The molecule has 3 rings (SSSR count). The van der Waals surface area contributed by atoms with Crippen LogP contribution >= 0.6 is 11.6 Å². The molecule has 0 amide bonds. The van der Waals surface area contributed by atoms with Crippen LogP contribution in [0.15, 0.2) is 66.0 Å². The molecule has 8 heteroatoms. The molecule has 1 N–H and O–H groups in total. The number of ether oxygens (including phenoxy) is 1. The number of nitrogens with zero attached hydrogens (tertiary/aromatic N) is 2. The highest BCUT2D eigenvalue weighted by atomic mass is 35.5. The summed E-state index contributed by atoms with van der Waals surface area (Å²) in [5.41, 5.74) is 2.36. The summed E-state index contributed by atoms with van der Waals surface area (Å²) in [6.45, 7) is 0.127. The average molecular weight is 390 g/mol. The smallest absolute Gasteiger partial charge is 0.240 e. The SMILES string of the molecule is COc1ccc(S(=O)(=O)NCc2ccnc(-c3cccnc3)c2)cc1Cl. The van der Waals surface area contributed by atoms with E-state index in [1.165, 1.54) is 25.3 Å². The van der Waals surface area contributed by atoms with Crippen LogP contribution in [0.25, 0.3) is 11.3 Å². The summed E-state index contributed by atoms with van der Waals surface area (Å²) in [5.74, 6) is 0.417. The Balaban J connectivity index is 1.77. The molecule has 0 bridgehead atoms. The number of benzene rings is 1. The number of rotatable bonds is 6. The van der Waals surface area contributed by atoms with E-state index in [2.05, 4.69) is 14.7 Å². The first-order chi connectivity index (χ1) is 12.5. The van der Waals surface area contributed by atoms with Gasteiger partial charge in [-0.2, -0.15) is 0 Å². The lowest BCUT2D eigenvalue weighted by atomic mass is 10.1. The molecule has 0 atom stereocenters. The van der Waals surface area contributed by atoms with Gasteiger partial charge in [0.1, 0.15) is 5.75 Å². The number of halogens is 1. The molecule has 0 unspecified atom stereocenters. The number of hydrogen-bond donors (Lipinski definition) is 1. The van der Waals surface area contributed by atoms with Crippen molar-refractivity contribution in [1.82, 2.24) is 14.7 Å². The lowest BCUT2D eigenvalue weighted by Gasteiger charge is -2.09. The van der Waals surface area contributed by atoms with Crippen molar-refractivity contribution in [3.8, 4) is 17.0 Å². The molecule has 2 aromatic heterocycles. The van der Waals surface area contributed by atoms with E-state index in [0.29, 0.717) is 5.75 Å². The highest BCUT2D eigenvalue weighted by Crippen LogP contribution is 2.27. The molecule has 26 heavy (non-hydrogen) atoms. The van der Waals surface area contributed by atoms with Gasteiger partial charge in [-0.25, -0.2) is 13.1 Å². The van der Waals surface area contributed by atoms with Crippen LogP contribution in [0.3, 0.4) is 0 Å². The molecule has 0 aliphatic heterocycles. The van der Waals surface area contributed by atoms with E-state index in [1.54, 1.807) is 24.7 Å². The van der Waals surface area contributed by atoms with Gasteiger partial charge in [0.05, 0.1) is 22.7 Å². The normalized spacial score (nSPS) is 11.3. The molecule has 1 aromatic carbocycles. The van der Waals surface area contributed by atoms with Crippen LogP contribution in [0.4, 0.5) is 0 Å². The van der Waals surface area contributed by atoms with Crippen molar-refractivity contribution in [2.45, 2.75) is 11.4 Å². The molecule has 0 fully saturated rings. The van der Waals surface area contributed by atoms with E-state index >= 15 is 0 Å². The third kappa shape index (κ3) is 4.19. The predicted octanol–water partition coefficient (Wildman–Crippen LogP) is 3.28. The first kappa shape index (κ1) is 18.3. The second kappa shape index (κ2) is 7.82. The standard InChI is InChI=1S/C18H16ClN3O3S/c1-25-18-5-4-15(10-16(18)19)26(23,24)22-11-13-6-8-21-17(9-13)14-3-2-7-20-12-14/h2-10,12,22H,11H2,1H3. The van der Waals surface area contributed by atoms with Crippen molar-refractivity contribution in [2.75, 3.05) is 7.11 Å². The van der Waals surface area contributed by atoms with Crippen LogP contribution in [0.2, 0.25) is 5.02 Å². The molecule has 2 heterocycles. The van der Waals surface area contributed by atoms with Gasteiger partial charge in [0, 0.05) is 30.7 Å². The Bertz CT molecular complexity index is 1010. The maximum absolute atomic E-state index is 12.5. The fourth-order valence-corrected chi connectivity index (χ4v) is 3.70. The molecular formula is C18H16ClN3O3S. The molecule has 134 valence electrons. The molecule has 0 aliphatic carbocycles. The highest BCUT2D eigenvalue weighted by Gasteiger charge is 2.16. The number of hydrogen-bond acceptors (Lipinski definition) is 5. The molecule has 3 aromatic rings. The Labute approximate surface area is 156 Å². The summed E-state index contributed by atoms with van der Waals surface area (Å²) in [7, 11) is -2.24. The number of pyridine rings is 2. The van der Waals surface area contributed by atoms with Gasteiger partial charge in [-0.15, -0.1) is 0 Å². The molecule has 0 saturated carbocycles. The first-order valence-electron chi connectivity index (χ1n) is 7.68. The van der Waals surface area contributed by atoms with Crippen LogP contribution < -0.4 is 9.46 Å². The first-order valence-corrected chi connectivity index (χ1v) is 9.54. The van der Waals surface area contributed by atoms with E-state index in [-0.39, 0.29) is 16.5 Å². The van der Waals surface area contributed by atoms with Gasteiger partial charge in [0.2, 0.25) is 10.0 Å². The number of methoxy groups -OCH3 is 1. The molecule has 0 aliphatic rings. The van der Waals surface area contributed by atoms with Gasteiger partial charge >= 0.3 is 0 Å². The predicted molar refractivity (Wildman–Crippen MR) is 99.5 cm³/mol. The van der Waals surface area contributed by atoms with Gasteiger partial charge < -0.3 is 4.74 Å². The quantitative estimate of drug-likeness (QED) is 0.699. The van der Waals surface area contributed by atoms with Crippen LogP contribution in [-0.2, 0) is 16.6 Å². The summed E-state index contributed by atoms with van der Waals surface area (Å²) in [6, 6.07) is 11.6. The fourth-order valence-electron chi connectivity index (χ4n) is 2.33. The zero-order valence-corrected chi connectivity index (χ0v) is 15.5. The Kier molecular flexibility index (Phi) is 5.51. The van der Waals surface area contributed by atoms with E-state index < -0.39 is 10.0 Å². The van der Waals surface area contributed by atoms with Crippen molar-refractivity contribution in [3.05, 3.63) is 71.6 Å². The summed E-state index contributed by atoms with van der Waals surface area (Å²) < 4.78 is 32.6. The summed E-state index contributed by atoms with van der Waals surface area (Å²) >= 11 is 6.01. The zero-order chi connectivity index (χ0) is 18.6. The fraction of sp³-hybridized carbons (Fsp3) is 0.111. The van der Waals surface area contributed by atoms with E-state index in [9.17, 15) is 8.42 Å². The minimum absolute atomic E-state index is 0.0739. The van der Waals surface area contributed by atoms with E-state index in [1.807, 2.05) is 18.2 Å². The molecule has 0 spiro atoms. The Morgan fingerprint density at radius 1 is 1.15 bits per heavy atom. The summed E-state index contributed by atoms with van der Waals surface area (Å²) in [4.78, 5) is 8.43. The topological polar surface area (TPSA) is 81.2 Å². The minimum Gasteiger partial charge on any atom is -0.495 e. The highest BCUT2D eigenvalue weighted by molar-refractivity contribution is 7.89.